The summed E-state index contributed by atoms with van der Waals surface area (Å²) >= 11 is 0. The zero-order valence-corrected chi connectivity index (χ0v) is 7.21. The van der Waals surface area contributed by atoms with Crippen LogP contribution in [0.5, 0.6) is 0 Å². The van der Waals surface area contributed by atoms with E-state index in [0.717, 1.165) is 0 Å². The van der Waals surface area contributed by atoms with E-state index in [1.807, 2.05) is 13.8 Å². The maximum atomic E-state index is 8.93. The molecule has 0 aromatic heterocycles. The van der Waals surface area contributed by atoms with Crippen molar-refractivity contribution in [3.05, 3.63) is 0 Å². The van der Waals surface area contributed by atoms with Gasteiger partial charge in [-0.25, -0.2) is 0 Å². The van der Waals surface area contributed by atoms with Crippen LogP contribution >= 0.6 is 0 Å². The highest BCUT2D eigenvalue weighted by Gasteiger charge is 2.41. The lowest BCUT2D eigenvalue weighted by molar-refractivity contribution is -0.132. The van der Waals surface area contributed by atoms with Gasteiger partial charge in [0.15, 0.2) is 6.29 Å². The topological polar surface area (TPSA) is 90.2 Å². The third-order valence-corrected chi connectivity index (χ3v) is 1.52. The van der Waals surface area contributed by atoms with Gasteiger partial charge in [-0.2, -0.15) is 0 Å². The lowest BCUT2D eigenvalue weighted by Gasteiger charge is -2.09. The molecule has 0 spiro atoms. The van der Waals surface area contributed by atoms with E-state index < -0.39 is 31.2 Å². The first-order valence-electron chi connectivity index (χ1n) is 3.97. The standard InChI is InChI=1S/C5H10O5.C2H6/c6-1-2-3(7)4(8)5(9)10-2;1-2/h2-9H,1H2;1-2H3. The Kier molecular flexibility index (Phi) is 5.36. The Labute approximate surface area is 71.2 Å². The maximum Gasteiger partial charge on any atom is 0.184 e. The largest absolute Gasteiger partial charge is 0.394 e. The summed E-state index contributed by atoms with van der Waals surface area (Å²) in [5.74, 6) is 0. The molecular formula is C7H16O5. The Morgan fingerprint density at radius 2 is 1.58 bits per heavy atom. The highest BCUT2D eigenvalue weighted by molar-refractivity contribution is 4.84. The molecule has 4 atom stereocenters. The molecule has 1 saturated heterocycles. The fourth-order valence-corrected chi connectivity index (χ4v) is 0.880. The van der Waals surface area contributed by atoms with Gasteiger partial charge in [-0.15, -0.1) is 0 Å². The Morgan fingerprint density at radius 3 is 1.75 bits per heavy atom. The number of hydrogen-bond acceptors (Lipinski definition) is 5. The van der Waals surface area contributed by atoms with Crippen LogP contribution in [-0.2, 0) is 4.74 Å². The minimum absolute atomic E-state index is 0.407. The molecular weight excluding hydrogens is 164 g/mol. The highest BCUT2D eigenvalue weighted by atomic mass is 16.6. The normalized spacial score (nSPS) is 40.5. The fraction of sp³-hybridized carbons (Fsp3) is 1.00. The average Bonchev–Trinajstić information content (AvgIpc) is 2.36. The van der Waals surface area contributed by atoms with Crippen LogP contribution in [0.1, 0.15) is 13.8 Å². The van der Waals surface area contributed by atoms with Gasteiger partial charge in [0.25, 0.3) is 0 Å². The number of hydrogen-bond donors (Lipinski definition) is 4. The molecule has 74 valence electrons. The molecule has 5 heteroatoms. The molecule has 0 radical (unpaired) electrons. The summed E-state index contributed by atoms with van der Waals surface area (Å²) in [6.07, 6.45) is -4.76. The molecule has 1 rings (SSSR count). The van der Waals surface area contributed by atoms with E-state index in [9.17, 15) is 0 Å². The maximum absolute atomic E-state index is 8.93. The molecule has 0 bridgehead atoms. The van der Waals surface area contributed by atoms with E-state index in [1.54, 1.807) is 0 Å². The van der Waals surface area contributed by atoms with Crippen molar-refractivity contribution < 1.29 is 25.2 Å². The van der Waals surface area contributed by atoms with Crippen LogP contribution in [-0.4, -0.2) is 51.6 Å². The summed E-state index contributed by atoms with van der Waals surface area (Å²) in [4.78, 5) is 0. The van der Waals surface area contributed by atoms with Crippen LogP contribution in [0.3, 0.4) is 0 Å². The molecule has 1 heterocycles. The van der Waals surface area contributed by atoms with Crippen LogP contribution in [0.4, 0.5) is 0 Å². The van der Waals surface area contributed by atoms with Crippen molar-refractivity contribution in [2.75, 3.05) is 6.61 Å². The van der Waals surface area contributed by atoms with Crippen LogP contribution in [0.15, 0.2) is 0 Å². The Morgan fingerprint density at radius 1 is 1.08 bits per heavy atom. The van der Waals surface area contributed by atoms with Crippen molar-refractivity contribution in [1.29, 1.82) is 0 Å². The third kappa shape index (κ3) is 2.40. The van der Waals surface area contributed by atoms with Crippen molar-refractivity contribution in [3.8, 4) is 0 Å². The van der Waals surface area contributed by atoms with Crippen LogP contribution in [0.25, 0.3) is 0 Å². The molecule has 4 N–H and O–H groups in total. The molecule has 12 heavy (non-hydrogen) atoms. The lowest BCUT2D eigenvalue weighted by Crippen LogP contribution is -2.33. The van der Waals surface area contributed by atoms with E-state index in [1.165, 1.54) is 0 Å². The van der Waals surface area contributed by atoms with Gasteiger partial charge in [-0.05, 0) is 0 Å². The molecule has 1 aliphatic heterocycles. The lowest BCUT2D eigenvalue weighted by atomic mass is 10.1. The third-order valence-electron chi connectivity index (χ3n) is 1.52. The predicted octanol–water partition coefficient (Wildman–Crippen LogP) is -1.56. The van der Waals surface area contributed by atoms with Gasteiger partial charge < -0.3 is 25.2 Å². The van der Waals surface area contributed by atoms with E-state index in [4.69, 9.17) is 20.4 Å². The van der Waals surface area contributed by atoms with E-state index in [2.05, 4.69) is 4.74 Å². The van der Waals surface area contributed by atoms with Gasteiger partial charge in [0.1, 0.15) is 18.3 Å². The summed E-state index contributed by atoms with van der Waals surface area (Å²) < 4.78 is 4.54. The van der Waals surface area contributed by atoms with Gasteiger partial charge >= 0.3 is 0 Å². The molecule has 0 amide bonds. The van der Waals surface area contributed by atoms with E-state index in [0.29, 0.717) is 0 Å². The quantitative estimate of drug-likeness (QED) is 0.392. The molecule has 1 aliphatic rings. The Bertz CT molecular complexity index is 118. The first-order chi connectivity index (χ1) is 5.66. The van der Waals surface area contributed by atoms with Crippen LogP contribution in [0, 0.1) is 0 Å². The monoisotopic (exact) mass is 180 g/mol. The SMILES string of the molecule is CC.OCC1OC(O)C(O)C1O. The molecule has 4 unspecified atom stereocenters. The molecule has 5 nitrogen and oxygen atoms in total. The second-order valence-electron chi connectivity index (χ2n) is 2.23. The highest BCUT2D eigenvalue weighted by Crippen LogP contribution is 2.18. The second-order valence-corrected chi connectivity index (χ2v) is 2.23. The number of aliphatic hydroxyl groups excluding tert-OH is 4. The average molecular weight is 180 g/mol. The van der Waals surface area contributed by atoms with Crippen molar-refractivity contribution >= 4 is 0 Å². The first-order valence-corrected chi connectivity index (χ1v) is 3.97. The molecule has 0 aromatic rings. The van der Waals surface area contributed by atoms with Crippen LogP contribution in [0.2, 0.25) is 0 Å². The minimum atomic E-state index is -1.38. The van der Waals surface area contributed by atoms with E-state index in [-0.39, 0.29) is 0 Å². The zero-order valence-electron chi connectivity index (χ0n) is 7.21. The van der Waals surface area contributed by atoms with Crippen molar-refractivity contribution in [3.63, 3.8) is 0 Å². The van der Waals surface area contributed by atoms with Gasteiger partial charge in [0.2, 0.25) is 0 Å². The Balaban J connectivity index is 0.000000561. The number of aliphatic hydroxyl groups is 4. The number of rotatable bonds is 1. The molecule has 0 saturated carbocycles. The molecule has 1 fully saturated rings. The summed E-state index contributed by atoms with van der Waals surface area (Å²) in [5, 5.41) is 35.0. The van der Waals surface area contributed by atoms with Gasteiger partial charge in [0.05, 0.1) is 6.61 Å². The van der Waals surface area contributed by atoms with Crippen molar-refractivity contribution in [1.82, 2.24) is 0 Å². The van der Waals surface area contributed by atoms with Gasteiger partial charge in [-0.3, -0.25) is 0 Å². The van der Waals surface area contributed by atoms with E-state index >= 15 is 0 Å². The summed E-state index contributed by atoms with van der Waals surface area (Å²) in [5.41, 5.74) is 0. The number of ether oxygens (including phenoxy) is 1. The predicted molar refractivity (Wildman–Crippen MR) is 41.3 cm³/mol. The summed E-state index contributed by atoms with van der Waals surface area (Å²) in [6, 6.07) is 0. The van der Waals surface area contributed by atoms with Gasteiger partial charge in [-0.1, -0.05) is 13.8 Å². The molecule has 0 aliphatic carbocycles. The summed E-state index contributed by atoms with van der Waals surface area (Å²) in [6.45, 7) is 3.59. The fourth-order valence-electron chi connectivity index (χ4n) is 0.880. The molecule has 0 aromatic carbocycles. The zero-order chi connectivity index (χ0) is 9.72. The van der Waals surface area contributed by atoms with Gasteiger partial charge in [0, 0.05) is 0 Å². The summed E-state index contributed by atoms with van der Waals surface area (Å²) in [7, 11) is 0. The van der Waals surface area contributed by atoms with Crippen molar-refractivity contribution in [2.45, 2.75) is 38.4 Å². The van der Waals surface area contributed by atoms with Crippen molar-refractivity contribution in [2.24, 2.45) is 0 Å². The minimum Gasteiger partial charge on any atom is -0.394 e. The second kappa shape index (κ2) is 5.45. The van der Waals surface area contributed by atoms with Crippen LogP contribution < -0.4 is 0 Å². The Hall–Kier alpha value is -0.200. The smallest absolute Gasteiger partial charge is 0.184 e. The first kappa shape index (κ1) is 11.8.